The maximum atomic E-state index is 12.7. The van der Waals surface area contributed by atoms with Gasteiger partial charge in [0.1, 0.15) is 0 Å². The summed E-state index contributed by atoms with van der Waals surface area (Å²) in [4.78, 5) is 17.4. The van der Waals surface area contributed by atoms with Gasteiger partial charge in [-0.2, -0.15) is 5.10 Å². The third-order valence-corrected chi connectivity index (χ3v) is 5.13. The van der Waals surface area contributed by atoms with Gasteiger partial charge in [-0.05, 0) is 54.0 Å². The van der Waals surface area contributed by atoms with Gasteiger partial charge in [0.15, 0.2) is 0 Å². The molecule has 0 aliphatic carbocycles. The summed E-state index contributed by atoms with van der Waals surface area (Å²) in [6.45, 7) is 4.38. The molecule has 28 heavy (non-hydrogen) atoms. The number of rotatable bonds is 4. The van der Waals surface area contributed by atoms with E-state index in [-0.39, 0.29) is 5.91 Å². The minimum Gasteiger partial charge on any atom is -0.326 e. The zero-order valence-corrected chi connectivity index (χ0v) is 17.6. The number of aromatic nitrogens is 2. The first-order valence-corrected chi connectivity index (χ1v) is 9.66. The fourth-order valence-electron chi connectivity index (χ4n) is 2.79. The Balaban J connectivity index is 1.86. The number of aliphatic imine (C=N–C) groups is 1. The lowest BCUT2D eigenvalue weighted by Gasteiger charge is -2.12. The maximum absolute atomic E-state index is 12.7. The summed E-state index contributed by atoms with van der Waals surface area (Å²) in [5.74, 6) is 0.142. The van der Waals surface area contributed by atoms with Gasteiger partial charge < -0.3 is 5.32 Å². The Morgan fingerprint density at radius 1 is 1.11 bits per heavy atom. The SMILES string of the molecule is Cc1nn(C)c(C)c1CN=C(NC(=O)c1ccccc1Br)Nc1ccccc1. The van der Waals surface area contributed by atoms with Crippen molar-refractivity contribution in [3.63, 3.8) is 0 Å². The van der Waals surface area contributed by atoms with Crippen LogP contribution >= 0.6 is 15.9 Å². The monoisotopic (exact) mass is 439 g/mol. The second-order valence-electron chi connectivity index (χ2n) is 6.36. The molecule has 0 saturated carbocycles. The molecule has 0 saturated heterocycles. The molecule has 1 aromatic heterocycles. The molecule has 0 unspecified atom stereocenters. The molecule has 144 valence electrons. The number of benzene rings is 2. The minimum absolute atomic E-state index is 0.241. The Labute approximate surface area is 172 Å². The van der Waals surface area contributed by atoms with E-state index >= 15 is 0 Å². The van der Waals surface area contributed by atoms with Crippen molar-refractivity contribution < 1.29 is 4.79 Å². The highest BCUT2D eigenvalue weighted by atomic mass is 79.9. The molecule has 0 spiro atoms. The maximum Gasteiger partial charge on any atom is 0.259 e. The van der Waals surface area contributed by atoms with Gasteiger partial charge in [0.25, 0.3) is 5.91 Å². The van der Waals surface area contributed by atoms with Gasteiger partial charge in [0.05, 0.1) is 17.8 Å². The molecular weight excluding hydrogens is 418 g/mol. The van der Waals surface area contributed by atoms with E-state index in [4.69, 9.17) is 0 Å². The molecular formula is C21H22BrN5O. The molecule has 6 nitrogen and oxygen atoms in total. The van der Waals surface area contributed by atoms with Crippen LogP contribution in [0.5, 0.6) is 0 Å². The standard InChI is InChI=1S/C21H22BrN5O/c1-14-18(15(2)27(3)26-14)13-23-21(24-16-9-5-4-6-10-16)25-20(28)17-11-7-8-12-19(17)22/h4-12H,13H2,1-3H3,(H2,23,24,25,28). The first-order chi connectivity index (χ1) is 13.5. The van der Waals surface area contributed by atoms with Crippen molar-refractivity contribution in [1.82, 2.24) is 15.1 Å². The molecule has 0 atom stereocenters. The summed E-state index contributed by atoms with van der Waals surface area (Å²) < 4.78 is 2.56. The van der Waals surface area contributed by atoms with Crippen LogP contribution in [0, 0.1) is 13.8 Å². The molecule has 0 aliphatic heterocycles. The first-order valence-electron chi connectivity index (χ1n) is 8.87. The first kappa shape index (κ1) is 19.8. The molecule has 3 rings (SSSR count). The number of aryl methyl sites for hydroxylation is 2. The highest BCUT2D eigenvalue weighted by molar-refractivity contribution is 9.10. The van der Waals surface area contributed by atoms with Gasteiger partial charge in [-0.1, -0.05) is 30.3 Å². The largest absolute Gasteiger partial charge is 0.326 e. The van der Waals surface area contributed by atoms with Crippen LogP contribution in [0.3, 0.4) is 0 Å². The summed E-state index contributed by atoms with van der Waals surface area (Å²) in [5, 5.41) is 10.5. The van der Waals surface area contributed by atoms with Crippen molar-refractivity contribution in [2.45, 2.75) is 20.4 Å². The highest BCUT2D eigenvalue weighted by Crippen LogP contribution is 2.16. The van der Waals surface area contributed by atoms with Crippen molar-refractivity contribution in [3.8, 4) is 0 Å². The number of hydrogen-bond acceptors (Lipinski definition) is 3. The van der Waals surface area contributed by atoms with E-state index in [0.717, 1.165) is 27.1 Å². The van der Waals surface area contributed by atoms with Gasteiger partial charge in [0, 0.05) is 28.5 Å². The number of amides is 1. The van der Waals surface area contributed by atoms with Crippen LogP contribution in [-0.2, 0) is 13.6 Å². The normalized spacial score (nSPS) is 11.4. The van der Waals surface area contributed by atoms with Gasteiger partial charge in [-0.3, -0.25) is 14.8 Å². The van der Waals surface area contributed by atoms with E-state index in [1.165, 1.54) is 0 Å². The van der Waals surface area contributed by atoms with Crippen LogP contribution in [-0.4, -0.2) is 21.6 Å². The number of halogens is 1. The number of nitrogens with one attached hydrogen (secondary N) is 2. The van der Waals surface area contributed by atoms with Gasteiger partial charge in [-0.15, -0.1) is 0 Å². The van der Waals surface area contributed by atoms with Gasteiger partial charge in [-0.25, -0.2) is 4.99 Å². The average Bonchev–Trinajstić information content (AvgIpc) is 2.92. The van der Waals surface area contributed by atoms with Crippen LogP contribution in [0.2, 0.25) is 0 Å². The molecule has 0 aliphatic rings. The van der Waals surface area contributed by atoms with Gasteiger partial charge >= 0.3 is 0 Å². The number of carbonyl (C=O) groups excluding carboxylic acids is 1. The summed E-state index contributed by atoms with van der Waals surface area (Å²) >= 11 is 3.42. The Kier molecular flexibility index (Phi) is 6.26. The Morgan fingerprint density at radius 2 is 1.79 bits per heavy atom. The van der Waals surface area contributed by atoms with Crippen molar-refractivity contribution in [3.05, 3.63) is 81.6 Å². The fourth-order valence-corrected chi connectivity index (χ4v) is 3.26. The lowest BCUT2D eigenvalue weighted by atomic mass is 10.2. The average molecular weight is 440 g/mol. The quantitative estimate of drug-likeness (QED) is 0.472. The molecule has 2 aromatic carbocycles. The number of nitrogens with zero attached hydrogens (tertiary/aromatic N) is 3. The van der Waals surface area contributed by atoms with E-state index in [9.17, 15) is 4.79 Å². The van der Waals surface area contributed by atoms with E-state index in [0.29, 0.717) is 18.1 Å². The minimum atomic E-state index is -0.241. The number of anilines is 1. The molecule has 1 heterocycles. The van der Waals surface area contributed by atoms with Crippen LogP contribution in [0.25, 0.3) is 0 Å². The Hall–Kier alpha value is -2.93. The lowest BCUT2D eigenvalue weighted by molar-refractivity contribution is 0.0976. The van der Waals surface area contributed by atoms with Crippen LogP contribution in [0.15, 0.2) is 64.1 Å². The zero-order chi connectivity index (χ0) is 20.1. The molecule has 0 bridgehead atoms. The van der Waals surface area contributed by atoms with Crippen LogP contribution < -0.4 is 10.6 Å². The van der Waals surface area contributed by atoms with Crippen molar-refractivity contribution in [2.24, 2.45) is 12.0 Å². The van der Waals surface area contributed by atoms with E-state index in [2.05, 4.69) is 36.7 Å². The van der Waals surface area contributed by atoms with E-state index in [1.54, 1.807) is 6.07 Å². The predicted molar refractivity (Wildman–Crippen MR) is 115 cm³/mol. The second kappa shape index (κ2) is 8.84. The topological polar surface area (TPSA) is 71.3 Å². The number of hydrogen-bond donors (Lipinski definition) is 2. The predicted octanol–water partition coefficient (Wildman–Crippen LogP) is 4.20. The third kappa shape index (κ3) is 4.67. The van der Waals surface area contributed by atoms with Crippen LogP contribution in [0.4, 0.5) is 5.69 Å². The van der Waals surface area contributed by atoms with E-state index in [1.807, 2.05) is 74.1 Å². The summed E-state index contributed by atoms with van der Waals surface area (Å²) in [6, 6.07) is 16.9. The lowest BCUT2D eigenvalue weighted by Crippen LogP contribution is -2.36. The number of para-hydroxylation sites is 1. The Morgan fingerprint density at radius 3 is 2.43 bits per heavy atom. The molecule has 3 aromatic rings. The Bertz CT molecular complexity index is 1010. The highest BCUT2D eigenvalue weighted by Gasteiger charge is 2.13. The summed E-state index contributed by atoms with van der Waals surface area (Å²) in [7, 11) is 1.91. The second-order valence-corrected chi connectivity index (χ2v) is 7.22. The smallest absolute Gasteiger partial charge is 0.259 e. The van der Waals surface area contributed by atoms with Crippen molar-refractivity contribution in [2.75, 3.05) is 5.32 Å². The number of guanidine groups is 1. The molecule has 2 N–H and O–H groups in total. The number of carbonyl (C=O) groups is 1. The van der Waals surface area contributed by atoms with E-state index < -0.39 is 0 Å². The van der Waals surface area contributed by atoms with Crippen molar-refractivity contribution in [1.29, 1.82) is 0 Å². The third-order valence-electron chi connectivity index (χ3n) is 4.44. The van der Waals surface area contributed by atoms with Crippen LogP contribution in [0.1, 0.15) is 27.3 Å². The molecule has 1 amide bonds. The van der Waals surface area contributed by atoms with Gasteiger partial charge in [0.2, 0.25) is 5.96 Å². The molecule has 0 radical (unpaired) electrons. The summed E-state index contributed by atoms with van der Waals surface area (Å²) in [6.07, 6.45) is 0. The summed E-state index contributed by atoms with van der Waals surface area (Å²) in [5.41, 5.74) is 4.41. The molecule has 7 heteroatoms. The van der Waals surface area contributed by atoms with Crippen molar-refractivity contribution >= 4 is 33.5 Å². The zero-order valence-electron chi connectivity index (χ0n) is 16.0. The fraction of sp³-hybridized carbons (Fsp3) is 0.190. The molecule has 0 fully saturated rings.